The number of nitrogens with one attached hydrogen (secondary N) is 3. The monoisotopic (exact) mass is 318 g/mol. The van der Waals surface area contributed by atoms with E-state index in [2.05, 4.69) is 20.6 Å². The van der Waals surface area contributed by atoms with E-state index in [-0.39, 0.29) is 0 Å². The number of benzene rings is 2. The zero-order valence-electron chi connectivity index (χ0n) is 13.2. The van der Waals surface area contributed by atoms with Crippen molar-refractivity contribution >= 4 is 29.1 Å². The van der Waals surface area contributed by atoms with Crippen molar-refractivity contribution in [1.82, 2.24) is 9.97 Å². The molecule has 0 saturated heterocycles. The molecule has 6 heteroatoms. The topological polar surface area (TPSA) is 99.7 Å². The summed E-state index contributed by atoms with van der Waals surface area (Å²) in [6.07, 6.45) is 2.84. The van der Waals surface area contributed by atoms with Crippen molar-refractivity contribution < 1.29 is 0 Å². The molecule has 0 aliphatic rings. The van der Waals surface area contributed by atoms with Gasteiger partial charge in [-0.2, -0.15) is 0 Å². The van der Waals surface area contributed by atoms with Gasteiger partial charge in [-0.05, 0) is 24.3 Å². The fourth-order valence-corrected chi connectivity index (χ4v) is 2.41. The van der Waals surface area contributed by atoms with Crippen LogP contribution in [0.5, 0.6) is 0 Å². The van der Waals surface area contributed by atoms with Crippen molar-refractivity contribution in [3.8, 4) is 11.3 Å². The first-order chi connectivity index (χ1) is 11.7. The predicted octanol–water partition coefficient (Wildman–Crippen LogP) is 3.51. The maximum absolute atomic E-state index is 7.43. The number of anilines is 4. The molecule has 0 aliphatic carbocycles. The van der Waals surface area contributed by atoms with Gasteiger partial charge in [0.15, 0.2) is 0 Å². The summed E-state index contributed by atoms with van der Waals surface area (Å²) in [7, 11) is 1.83. The Morgan fingerprint density at radius 1 is 1.08 bits per heavy atom. The normalized spacial score (nSPS) is 10.2. The zero-order valence-corrected chi connectivity index (χ0v) is 13.2. The third-order valence-electron chi connectivity index (χ3n) is 3.60. The maximum Gasteiger partial charge on any atom is 0.134 e. The summed E-state index contributed by atoms with van der Waals surface area (Å²) in [5.74, 6) is 0.688. The Morgan fingerprint density at radius 2 is 1.96 bits per heavy atom. The molecule has 0 unspecified atom stereocenters. The lowest BCUT2D eigenvalue weighted by Gasteiger charge is -2.10. The van der Waals surface area contributed by atoms with Gasteiger partial charge < -0.3 is 21.8 Å². The van der Waals surface area contributed by atoms with Crippen LogP contribution in [-0.2, 0) is 0 Å². The Morgan fingerprint density at radius 3 is 2.71 bits per heavy atom. The number of hydrogen-bond donors (Lipinski definition) is 4. The first kappa shape index (κ1) is 15.5. The molecule has 0 radical (unpaired) electrons. The molecule has 1 aromatic heterocycles. The number of rotatable bonds is 5. The first-order valence-electron chi connectivity index (χ1n) is 7.47. The van der Waals surface area contributed by atoms with Crippen LogP contribution in [0.15, 0.2) is 54.9 Å². The predicted molar refractivity (Wildman–Crippen MR) is 99.0 cm³/mol. The highest BCUT2D eigenvalue weighted by atomic mass is 15.0. The highest BCUT2D eigenvalue weighted by Gasteiger charge is 2.06. The van der Waals surface area contributed by atoms with Crippen LogP contribution in [0.25, 0.3) is 11.3 Å². The van der Waals surface area contributed by atoms with Gasteiger partial charge in [-0.25, -0.2) is 9.97 Å². The summed E-state index contributed by atoms with van der Waals surface area (Å²) in [6, 6.07) is 15.2. The minimum absolute atomic E-state index is 0.688. The molecular weight excluding hydrogens is 300 g/mol. The summed E-state index contributed by atoms with van der Waals surface area (Å²) in [4.78, 5) is 8.59. The van der Waals surface area contributed by atoms with Crippen molar-refractivity contribution in [2.45, 2.75) is 0 Å². The molecule has 5 N–H and O–H groups in total. The molecule has 0 bridgehead atoms. The molecule has 3 rings (SSSR count). The van der Waals surface area contributed by atoms with Crippen LogP contribution in [0.2, 0.25) is 0 Å². The minimum atomic E-state index is 0.688. The molecule has 0 saturated carbocycles. The van der Waals surface area contributed by atoms with Gasteiger partial charge >= 0.3 is 0 Å². The van der Waals surface area contributed by atoms with E-state index in [1.165, 1.54) is 12.5 Å². The zero-order chi connectivity index (χ0) is 16.9. The van der Waals surface area contributed by atoms with E-state index in [1.807, 2.05) is 55.6 Å². The quantitative estimate of drug-likeness (QED) is 0.426. The largest absolute Gasteiger partial charge is 0.399 e. The van der Waals surface area contributed by atoms with E-state index in [0.717, 1.165) is 28.2 Å². The lowest BCUT2D eigenvalue weighted by molar-refractivity contribution is 1.17. The van der Waals surface area contributed by atoms with Crippen molar-refractivity contribution in [2.24, 2.45) is 0 Å². The van der Waals surface area contributed by atoms with Crippen LogP contribution in [0, 0.1) is 5.41 Å². The Hall–Kier alpha value is -3.41. The molecule has 120 valence electrons. The third kappa shape index (κ3) is 3.33. The minimum Gasteiger partial charge on any atom is -0.399 e. The molecule has 3 aromatic rings. The summed E-state index contributed by atoms with van der Waals surface area (Å²) >= 11 is 0. The second-order valence-electron chi connectivity index (χ2n) is 5.24. The van der Waals surface area contributed by atoms with E-state index in [9.17, 15) is 0 Å². The van der Waals surface area contributed by atoms with E-state index >= 15 is 0 Å². The Labute approximate surface area is 140 Å². The first-order valence-corrected chi connectivity index (χ1v) is 7.47. The molecule has 1 heterocycles. The smallest absolute Gasteiger partial charge is 0.134 e. The number of nitrogen functional groups attached to an aromatic ring is 1. The Balaban J connectivity index is 1.91. The van der Waals surface area contributed by atoms with Crippen LogP contribution >= 0.6 is 0 Å². The van der Waals surface area contributed by atoms with Gasteiger partial charge in [0.1, 0.15) is 12.1 Å². The van der Waals surface area contributed by atoms with Gasteiger partial charge in [-0.1, -0.05) is 18.2 Å². The SMILES string of the molecule is CNc1cc(-c2cc(Nc3cccc(N)c3)ncn2)ccc1C=N. The van der Waals surface area contributed by atoms with Crippen LogP contribution in [0.3, 0.4) is 0 Å². The summed E-state index contributed by atoms with van der Waals surface area (Å²) in [6.45, 7) is 0. The molecular formula is C18H18N6. The van der Waals surface area contributed by atoms with Crippen molar-refractivity contribution in [3.63, 3.8) is 0 Å². The van der Waals surface area contributed by atoms with E-state index in [4.69, 9.17) is 11.1 Å². The fraction of sp³-hybridized carbons (Fsp3) is 0.0556. The van der Waals surface area contributed by atoms with E-state index in [0.29, 0.717) is 11.5 Å². The highest BCUT2D eigenvalue weighted by Crippen LogP contribution is 2.25. The van der Waals surface area contributed by atoms with Crippen molar-refractivity contribution in [3.05, 3.63) is 60.4 Å². The summed E-state index contributed by atoms with van der Waals surface area (Å²) in [5.41, 5.74) is 10.8. The molecule has 0 spiro atoms. The Kier molecular flexibility index (Phi) is 4.38. The summed E-state index contributed by atoms with van der Waals surface area (Å²) in [5, 5.41) is 13.7. The van der Waals surface area contributed by atoms with Gasteiger partial charge in [0.05, 0.1) is 5.69 Å². The standard InChI is InChI=1S/C18H18N6/c1-21-16-7-12(5-6-13(16)10-19)17-9-18(23-11-22-17)24-15-4-2-3-14(20)8-15/h2-11,19,21H,20H2,1H3,(H,22,23,24). The van der Waals surface area contributed by atoms with Gasteiger partial charge in [-0.3, -0.25) is 0 Å². The van der Waals surface area contributed by atoms with Gasteiger partial charge in [0, 0.05) is 47.5 Å². The number of aromatic nitrogens is 2. The second-order valence-corrected chi connectivity index (χ2v) is 5.24. The maximum atomic E-state index is 7.43. The van der Waals surface area contributed by atoms with E-state index in [1.54, 1.807) is 0 Å². The number of nitrogens with two attached hydrogens (primary N) is 1. The molecule has 0 atom stereocenters. The van der Waals surface area contributed by atoms with Gasteiger partial charge in [-0.15, -0.1) is 0 Å². The molecule has 0 amide bonds. The average molecular weight is 318 g/mol. The Bertz CT molecular complexity index is 875. The lowest BCUT2D eigenvalue weighted by atomic mass is 10.1. The van der Waals surface area contributed by atoms with Crippen molar-refractivity contribution in [1.29, 1.82) is 5.41 Å². The fourth-order valence-electron chi connectivity index (χ4n) is 2.41. The second kappa shape index (κ2) is 6.78. The van der Waals surface area contributed by atoms with Crippen molar-refractivity contribution in [2.75, 3.05) is 23.4 Å². The van der Waals surface area contributed by atoms with Crippen LogP contribution in [0.1, 0.15) is 5.56 Å². The van der Waals surface area contributed by atoms with Crippen LogP contribution in [0.4, 0.5) is 22.9 Å². The van der Waals surface area contributed by atoms with Crippen LogP contribution < -0.4 is 16.4 Å². The van der Waals surface area contributed by atoms with Gasteiger partial charge in [0.2, 0.25) is 0 Å². The molecule has 0 aliphatic heterocycles. The average Bonchev–Trinajstić information content (AvgIpc) is 2.61. The lowest BCUT2D eigenvalue weighted by Crippen LogP contribution is -1.98. The number of nitrogens with zero attached hydrogens (tertiary/aromatic N) is 2. The molecule has 0 fully saturated rings. The molecule has 24 heavy (non-hydrogen) atoms. The summed E-state index contributed by atoms with van der Waals surface area (Å²) < 4.78 is 0. The van der Waals surface area contributed by atoms with E-state index < -0.39 is 0 Å². The number of hydrogen-bond acceptors (Lipinski definition) is 6. The van der Waals surface area contributed by atoms with Crippen LogP contribution in [-0.4, -0.2) is 23.2 Å². The third-order valence-corrected chi connectivity index (χ3v) is 3.60. The highest BCUT2D eigenvalue weighted by molar-refractivity contribution is 5.87. The molecule has 2 aromatic carbocycles. The van der Waals surface area contributed by atoms with Gasteiger partial charge in [0.25, 0.3) is 0 Å². The molecule has 6 nitrogen and oxygen atoms in total.